The van der Waals surface area contributed by atoms with Gasteiger partial charge in [0.05, 0.1) is 21.3 Å². The van der Waals surface area contributed by atoms with Crippen LogP contribution < -0.4 is 11.1 Å². The van der Waals surface area contributed by atoms with Crippen molar-refractivity contribution in [3.63, 3.8) is 0 Å². The summed E-state index contributed by atoms with van der Waals surface area (Å²) < 4.78 is 0. The molecular formula is C13H10Cl2N2O. The molecular weight excluding hydrogens is 271 g/mol. The zero-order chi connectivity index (χ0) is 13.1. The molecule has 0 saturated carbocycles. The number of halogens is 2. The van der Waals surface area contributed by atoms with Crippen molar-refractivity contribution < 1.29 is 4.79 Å². The number of nitrogens with one attached hydrogen (secondary N) is 1. The minimum absolute atomic E-state index is 0.163. The fourth-order valence-electron chi connectivity index (χ4n) is 1.49. The molecule has 5 heteroatoms. The van der Waals surface area contributed by atoms with Crippen molar-refractivity contribution in [1.29, 1.82) is 0 Å². The van der Waals surface area contributed by atoms with E-state index < -0.39 is 0 Å². The molecule has 2 aromatic carbocycles. The van der Waals surface area contributed by atoms with E-state index in [0.717, 1.165) is 0 Å². The highest BCUT2D eigenvalue weighted by Gasteiger charge is 2.16. The molecule has 2 rings (SSSR count). The van der Waals surface area contributed by atoms with E-state index in [-0.39, 0.29) is 21.5 Å². The maximum absolute atomic E-state index is 12.1. The van der Waals surface area contributed by atoms with Crippen LogP contribution in [-0.4, -0.2) is 5.91 Å². The Bertz CT molecular complexity index is 585. The molecule has 3 N–H and O–H groups in total. The predicted molar refractivity (Wildman–Crippen MR) is 75.3 cm³/mol. The standard InChI is InChI=1S/C13H10Cl2N2O/c14-9-6-7-10(16)12(15)11(9)13(18)17-8-4-2-1-3-5-8/h1-7H,16H2,(H,17,18). The van der Waals surface area contributed by atoms with E-state index in [0.29, 0.717) is 11.4 Å². The second kappa shape index (κ2) is 5.29. The van der Waals surface area contributed by atoms with Gasteiger partial charge in [0.2, 0.25) is 0 Å². The molecule has 0 aromatic heterocycles. The number of para-hydroxylation sites is 1. The van der Waals surface area contributed by atoms with E-state index in [4.69, 9.17) is 28.9 Å². The van der Waals surface area contributed by atoms with Gasteiger partial charge >= 0.3 is 0 Å². The molecule has 0 aliphatic heterocycles. The first-order chi connectivity index (χ1) is 8.59. The third-order valence-electron chi connectivity index (χ3n) is 2.38. The van der Waals surface area contributed by atoms with Crippen LogP contribution in [0.4, 0.5) is 11.4 Å². The van der Waals surface area contributed by atoms with Crippen LogP contribution in [0.25, 0.3) is 0 Å². The lowest BCUT2D eigenvalue weighted by Crippen LogP contribution is -2.13. The minimum atomic E-state index is -0.386. The van der Waals surface area contributed by atoms with E-state index in [1.807, 2.05) is 18.2 Å². The summed E-state index contributed by atoms with van der Waals surface area (Å²) in [7, 11) is 0. The fraction of sp³-hybridized carbons (Fsp3) is 0. The maximum atomic E-state index is 12.1. The van der Waals surface area contributed by atoms with E-state index in [2.05, 4.69) is 5.32 Å². The van der Waals surface area contributed by atoms with Gasteiger partial charge in [0.1, 0.15) is 0 Å². The first kappa shape index (κ1) is 12.7. The molecule has 0 bridgehead atoms. The molecule has 0 aliphatic rings. The van der Waals surface area contributed by atoms with Gasteiger partial charge in [-0.1, -0.05) is 41.4 Å². The van der Waals surface area contributed by atoms with Crippen molar-refractivity contribution in [2.75, 3.05) is 11.1 Å². The van der Waals surface area contributed by atoms with E-state index in [9.17, 15) is 4.79 Å². The zero-order valence-electron chi connectivity index (χ0n) is 9.28. The Morgan fingerprint density at radius 1 is 1.06 bits per heavy atom. The van der Waals surface area contributed by atoms with E-state index in [1.54, 1.807) is 24.3 Å². The summed E-state index contributed by atoms with van der Waals surface area (Å²) in [5, 5.41) is 3.13. The number of nitrogens with two attached hydrogens (primary N) is 1. The Morgan fingerprint density at radius 2 is 1.72 bits per heavy atom. The molecule has 3 nitrogen and oxygen atoms in total. The van der Waals surface area contributed by atoms with Crippen molar-refractivity contribution in [3.05, 3.63) is 58.1 Å². The number of anilines is 2. The van der Waals surface area contributed by atoms with Crippen LogP contribution in [0.1, 0.15) is 10.4 Å². The second-order valence-corrected chi connectivity index (χ2v) is 4.43. The fourth-order valence-corrected chi connectivity index (χ4v) is 2.03. The van der Waals surface area contributed by atoms with E-state index >= 15 is 0 Å². The number of rotatable bonds is 2. The molecule has 0 spiro atoms. The summed E-state index contributed by atoms with van der Waals surface area (Å²) in [6, 6.07) is 12.1. The number of benzene rings is 2. The first-order valence-corrected chi connectivity index (χ1v) is 5.95. The molecule has 92 valence electrons. The lowest BCUT2D eigenvalue weighted by atomic mass is 10.1. The number of hydrogen-bond acceptors (Lipinski definition) is 2. The average Bonchev–Trinajstić information content (AvgIpc) is 2.36. The third kappa shape index (κ3) is 2.58. The summed E-state index contributed by atoms with van der Waals surface area (Å²) in [6.07, 6.45) is 0. The normalized spacial score (nSPS) is 10.1. The van der Waals surface area contributed by atoms with Gasteiger partial charge in [-0.05, 0) is 24.3 Å². The Labute approximate surface area is 115 Å². The van der Waals surface area contributed by atoms with Gasteiger partial charge in [-0.25, -0.2) is 0 Å². The second-order valence-electron chi connectivity index (χ2n) is 3.65. The number of nitrogen functional groups attached to an aromatic ring is 1. The molecule has 18 heavy (non-hydrogen) atoms. The lowest BCUT2D eigenvalue weighted by Gasteiger charge is -2.09. The Balaban J connectivity index is 2.33. The predicted octanol–water partition coefficient (Wildman–Crippen LogP) is 3.83. The van der Waals surface area contributed by atoms with Crippen LogP contribution >= 0.6 is 23.2 Å². The molecule has 0 radical (unpaired) electrons. The molecule has 0 saturated heterocycles. The van der Waals surface area contributed by atoms with Crippen LogP contribution in [-0.2, 0) is 0 Å². The smallest absolute Gasteiger partial charge is 0.258 e. The van der Waals surface area contributed by atoms with Crippen molar-refractivity contribution >= 4 is 40.5 Å². The summed E-state index contributed by atoms with van der Waals surface area (Å²) in [4.78, 5) is 12.1. The zero-order valence-corrected chi connectivity index (χ0v) is 10.8. The van der Waals surface area contributed by atoms with Gasteiger partial charge in [0.25, 0.3) is 5.91 Å². The summed E-state index contributed by atoms with van der Waals surface area (Å²) in [6.45, 7) is 0. The number of carbonyl (C=O) groups excluding carboxylic acids is 1. The maximum Gasteiger partial charge on any atom is 0.258 e. The van der Waals surface area contributed by atoms with Crippen LogP contribution in [0.3, 0.4) is 0 Å². The lowest BCUT2D eigenvalue weighted by molar-refractivity contribution is 0.102. The monoisotopic (exact) mass is 280 g/mol. The highest BCUT2D eigenvalue weighted by Crippen LogP contribution is 2.30. The van der Waals surface area contributed by atoms with Gasteiger partial charge in [-0.2, -0.15) is 0 Å². The van der Waals surface area contributed by atoms with Crippen LogP contribution in [0.5, 0.6) is 0 Å². The van der Waals surface area contributed by atoms with Gasteiger partial charge < -0.3 is 11.1 Å². The number of hydrogen-bond donors (Lipinski definition) is 2. The van der Waals surface area contributed by atoms with E-state index in [1.165, 1.54) is 0 Å². The molecule has 0 fully saturated rings. The first-order valence-electron chi connectivity index (χ1n) is 5.19. The topological polar surface area (TPSA) is 55.1 Å². The minimum Gasteiger partial charge on any atom is -0.398 e. The van der Waals surface area contributed by atoms with Gasteiger partial charge in [0, 0.05) is 5.69 Å². The Hall–Kier alpha value is -1.71. The number of carbonyl (C=O) groups is 1. The van der Waals surface area contributed by atoms with Gasteiger partial charge in [0.15, 0.2) is 0 Å². The van der Waals surface area contributed by atoms with Crippen LogP contribution in [0, 0.1) is 0 Å². The highest BCUT2D eigenvalue weighted by atomic mass is 35.5. The summed E-state index contributed by atoms with van der Waals surface area (Å²) in [5.74, 6) is -0.386. The molecule has 1 amide bonds. The summed E-state index contributed by atoms with van der Waals surface area (Å²) >= 11 is 12.0. The van der Waals surface area contributed by atoms with Gasteiger partial charge in [-0.3, -0.25) is 4.79 Å². The summed E-state index contributed by atoms with van der Waals surface area (Å²) in [5.41, 5.74) is 6.82. The largest absolute Gasteiger partial charge is 0.398 e. The van der Waals surface area contributed by atoms with Crippen LogP contribution in [0.2, 0.25) is 10.0 Å². The van der Waals surface area contributed by atoms with Crippen molar-refractivity contribution in [2.45, 2.75) is 0 Å². The van der Waals surface area contributed by atoms with Crippen molar-refractivity contribution in [3.8, 4) is 0 Å². The highest BCUT2D eigenvalue weighted by molar-refractivity contribution is 6.41. The van der Waals surface area contributed by atoms with Crippen LogP contribution in [0.15, 0.2) is 42.5 Å². The van der Waals surface area contributed by atoms with Crippen molar-refractivity contribution in [1.82, 2.24) is 0 Å². The van der Waals surface area contributed by atoms with Gasteiger partial charge in [-0.15, -0.1) is 0 Å². The average molecular weight is 281 g/mol. The Morgan fingerprint density at radius 3 is 2.39 bits per heavy atom. The molecule has 0 heterocycles. The molecule has 0 atom stereocenters. The molecule has 0 aliphatic carbocycles. The quantitative estimate of drug-likeness (QED) is 0.822. The molecule has 2 aromatic rings. The van der Waals surface area contributed by atoms with Crippen molar-refractivity contribution in [2.24, 2.45) is 0 Å². The number of amides is 1. The SMILES string of the molecule is Nc1ccc(Cl)c(C(=O)Nc2ccccc2)c1Cl. The Kier molecular flexibility index (Phi) is 3.75. The molecule has 0 unspecified atom stereocenters. The third-order valence-corrected chi connectivity index (χ3v) is 3.10.